The SMILES string of the molecule is CCOc1cc(CNCCSc2nnnn2-c2ccccc2)c(Br)cc1OCc1ccc([N+](=O)[O-])cc1. The van der Waals surface area contributed by atoms with Crippen molar-refractivity contribution in [3.63, 3.8) is 0 Å². The van der Waals surface area contributed by atoms with Gasteiger partial charge in [-0.3, -0.25) is 10.1 Å². The minimum absolute atomic E-state index is 0.0477. The van der Waals surface area contributed by atoms with Gasteiger partial charge < -0.3 is 14.8 Å². The van der Waals surface area contributed by atoms with Crippen LogP contribution in [0.15, 0.2) is 76.4 Å². The molecule has 0 unspecified atom stereocenters. The van der Waals surface area contributed by atoms with E-state index in [2.05, 4.69) is 36.8 Å². The summed E-state index contributed by atoms with van der Waals surface area (Å²) < 4.78 is 14.4. The maximum absolute atomic E-state index is 10.8. The lowest BCUT2D eigenvalue weighted by molar-refractivity contribution is -0.384. The summed E-state index contributed by atoms with van der Waals surface area (Å²) in [4.78, 5) is 10.4. The number of hydrogen-bond acceptors (Lipinski definition) is 9. The molecule has 0 aliphatic rings. The van der Waals surface area contributed by atoms with Crippen molar-refractivity contribution in [1.82, 2.24) is 25.5 Å². The number of benzene rings is 3. The molecule has 0 fully saturated rings. The van der Waals surface area contributed by atoms with E-state index in [0.29, 0.717) is 24.7 Å². The van der Waals surface area contributed by atoms with Crippen LogP contribution in [0.25, 0.3) is 5.69 Å². The van der Waals surface area contributed by atoms with Crippen LogP contribution in [0.3, 0.4) is 0 Å². The van der Waals surface area contributed by atoms with Crippen LogP contribution in [0.4, 0.5) is 5.69 Å². The number of halogens is 1. The molecule has 4 rings (SSSR count). The van der Waals surface area contributed by atoms with Gasteiger partial charge in [-0.1, -0.05) is 45.9 Å². The number of hydrogen-bond donors (Lipinski definition) is 1. The number of rotatable bonds is 13. The standard InChI is InChI=1S/C25H25BrN6O4S/c1-2-35-23-14-19(22(26)15-24(23)36-17-18-8-10-21(11-9-18)32(33)34)16-27-12-13-37-25-28-29-30-31(25)20-6-4-3-5-7-20/h3-11,14-15,27H,2,12-13,16-17H2,1H3. The highest BCUT2D eigenvalue weighted by Crippen LogP contribution is 2.34. The number of ether oxygens (including phenoxy) is 2. The first kappa shape index (κ1) is 26.6. The fourth-order valence-electron chi connectivity index (χ4n) is 3.41. The highest BCUT2D eigenvalue weighted by molar-refractivity contribution is 9.10. The van der Waals surface area contributed by atoms with Gasteiger partial charge in [-0.05, 0) is 64.9 Å². The van der Waals surface area contributed by atoms with Crippen molar-refractivity contribution < 1.29 is 14.4 Å². The van der Waals surface area contributed by atoms with Crippen LogP contribution in [0.2, 0.25) is 0 Å². The number of nitro groups is 1. The third-order valence-corrected chi connectivity index (χ3v) is 6.88. The summed E-state index contributed by atoms with van der Waals surface area (Å²) >= 11 is 5.21. The normalized spacial score (nSPS) is 10.9. The number of non-ortho nitro benzene ring substituents is 1. The fourth-order valence-corrected chi connectivity index (χ4v) is 4.66. The first-order chi connectivity index (χ1) is 18.0. The summed E-state index contributed by atoms with van der Waals surface area (Å²) in [6, 6.07) is 19.9. The second-order valence-electron chi connectivity index (χ2n) is 7.77. The van der Waals surface area contributed by atoms with Crippen molar-refractivity contribution in [3.05, 3.63) is 92.4 Å². The number of para-hydroxylation sites is 1. The lowest BCUT2D eigenvalue weighted by Gasteiger charge is -2.15. The lowest BCUT2D eigenvalue weighted by atomic mass is 10.2. The molecule has 12 heteroatoms. The molecule has 37 heavy (non-hydrogen) atoms. The summed E-state index contributed by atoms with van der Waals surface area (Å²) in [5.41, 5.74) is 2.83. The van der Waals surface area contributed by atoms with Crippen molar-refractivity contribution in [2.75, 3.05) is 18.9 Å². The predicted molar refractivity (Wildman–Crippen MR) is 144 cm³/mol. The predicted octanol–water partition coefficient (Wildman–Crippen LogP) is 5.19. The molecule has 0 saturated heterocycles. The minimum atomic E-state index is -0.422. The molecule has 1 heterocycles. The van der Waals surface area contributed by atoms with Crippen molar-refractivity contribution in [2.24, 2.45) is 0 Å². The van der Waals surface area contributed by atoms with Gasteiger partial charge in [-0.25, -0.2) is 0 Å². The molecule has 3 aromatic carbocycles. The molecule has 1 aromatic heterocycles. The summed E-state index contributed by atoms with van der Waals surface area (Å²) in [6.07, 6.45) is 0. The molecule has 192 valence electrons. The van der Waals surface area contributed by atoms with Crippen LogP contribution in [-0.4, -0.2) is 44.0 Å². The lowest BCUT2D eigenvalue weighted by Crippen LogP contribution is -2.17. The summed E-state index contributed by atoms with van der Waals surface area (Å²) in [6.45, 7) is 4.06. The van der Waals surface area contributed by atoms with Crippen LogP contribution in [-0.2, 0) is 13.2 Å². The van der Waals surface area contributed by atoms with Gasteiger partial charge in [0.15, 0.2) is 11.5 Å². The van der Waals surface area contributed by atoms with Gasteiger partial charge in [0.2, 0.25) is 5.16 Å². The van der Waals surface area contributed by atoms with Crippen molar-refractivity contribution in [1.29, 1.82) is 0 Å². The zero-order valence-corrected chi connectivity index (χ0v) is 22.4. The zero-order chi connectivity index (χ0) is 26.0. The Morgan fingerprint density at radius 1 is 1.08 bits per heavy atom. The molecular formula is C25H25BrN6O4S. The Hall–Kier alpha value is -3.48. The quantitative estimate of drug-likeness (QED) is 0.0979. The van der Waals surface area contributed by atoms with Gasteiger partial charge in [0, 0.05) is 35.4 Å². The Morgan fingerprint density at radius 3 is 2.57 bits per heavy atom. The van der Waals surface area contributed by atoms with Crippen molar-refractivity contribution in [3.8, 4) is 17.2 Å². The van der Waals surface area contributed by atoms with Gasteiger partial charge in [0.05, 0.1) is 17.2 Å². The van der Waals surface area contributed by atoms with E-state index in [1.807, 2.05) is 49.4 Å². The zero-order valence-electron chi connectivity index (χ0n) is 20.0. The number of aromatic nitrogens is 4. The van der Waals surface area contributed by atoms with E-state index in [-0.39, 0.29) is 12.3 Å². The van der Waals surface area contributed by atoms with Gasteiger partial charge in [0.1, 0.15) is 6.61 Å². The molecule has 0 atom stereocenters. The third-order valence-electron chi connectivity index (χ3n) is 5.22. The van der Waals surface area contributed by atoms with Crippen LogP contribution in [0.5, 0.6) is 11.5 Å². The summed E-state index contributed by atoms with van der Waals surface area (Å²) in [5.74, 6) is 2.03. The highest BCUT2D eigenvalue weighted by atomic mass is 79.9. The largest absolute Gasteiger partial charge is 0.490 e. The van der Waals surface area contributed by atoms with Crippen LogP contribution in [0.1, 0.15) is 18.1 Å². The molecule has 0 saturated carbocycles. The molecule has 0 spiro atoms. The number of nitrogens with zero attached hydrogens (tertiary/aromatic N) is 5. The molecular weight excluding hydrogens is 560 g/mol. The second-order valence-corrected chi connectivity index (χ2v) is 9.69. The topological polar surface area (TPSA) is 117 Å². The fraction of sp³-hybridized carbons (Fsp3) is 0.240. The molecule has 0 bridgehead atoms. The maximum atomic E-state index is 10.8. The molecule has 0 radical (unpaired) electrons. The van der Waals surface area contributed by atoms with E-state index in [0.717, 1.165) is 38.7 Å². The molecule has 4 aromatic rings. The number of tetrazole rings is 1. The van der Waals surface area contributed by atoms with Gasteiger partial charge in [-0.2, -0.15) is 4.68 Å². The number of nitro benzene ring substituents is 1. The monoisotopic (exact) mass is 584 g/mol. The number of nitrogens with one attached hydrogen (secondary N) is 1. The van der Waals surface area contributed by atoms with Crippen molar-refractivity contribution >= 4 is 33.4 Å². The Morgan fingerprint density at radius 2 is 1.84 bits per heavy atom. The Balaban J connectivity index is 1.31. The van der Waals surface area contributed by atoms with Crippen molar-refractivity contribution in [2.45, 2.75) is 25.2 Å². The number of thioether (sulfide) groups is 1. The van der Waals surface area contributed by atoms with E-state index >= 15 is 0 Å². The van der Waals surface area contributed by atoms with Gasteiger partial charge >= 0.3 is 0 Å². The summed E-state index contributed by atoms with van der Waals surface area (Å²) in [7, 11) is 0. The Kier molecular flexibility index (Phi) is 9.46. The smallest absolute Gasteiger partial charge is 0.269 e. The van der Waals surface area contributed by atoms with Crippen LogP contribution >= 0.6 is 27.7 Å². The van der Waals surface area contributed by atoms with E-state index in [1.54, 1.807) is 28.6 Å². The molecule has 1 N–H and O–H groups in total. The third kappa shape index (κ3) is 7.28. The van der Waals surface area contributed by atoms with E-state index in [4.69, 9.17) is 9.47 Å². The molecule has 0 aliphatic heterocycles. The average Bonchev–Trinajstić information content (AvgIpc) is 3.38. The second kappa shape index (κ2) is 13.2. The van der Waals surface area contributed by atoms with E-state index in [1.165, 1.54) is 12.1 Å². The molecule has 10 nitrogen and oxygen atoms in total. The maximum Gasteiger partial charge on any atom is 0.269 e. The minimum Gasteiger partial charge on any atom is -0.490 e. The Bertz CT molecular complexity index is 1320. The van der Waals surface area contributed by atoms with E-state index in [9.17, 15) is 10.1 Å². The first-order valence-electron chi connectivity index (χ1n) is 11.5. The molecule has 0 aliphatic carbocycles. The van der Waals surface area contributed by atoms with Gasteiger partial charge in [0.25, 0.3) is 5.69 Å². The first-order valence-corrected chi connectivity index (χ1v) is 13.3. The molecule has 0 amide bonds. The van der Waals surface area contributed by atoms with Gasteiger partial charge in [-0.15, -0.1) is 5.10 Å². The van der Waals surface area contributed by atoms with Crippen LogP contribution in [0, 0.1) is 10.1 Å². The van der Waals surface area contributed by atoms with Crippen LogP contribution < -0.4 is 14.8 Å². The average molecular weight is 585 g/mol. The van der Waals surface area contributed by atoms with E-state index < -0.39 is 4.92 Å². The summed E-state index contributed by atoms with van der Waals surface area (Å²) in [5, 5.41) is 27.0. The highest BCUT2D eigenvalue weighted by Gasteiger charge is 2.13. The Labute approximate surface area is 226 Å².